The second-order valence-electron chi connectivity index (χ2n) is 5.70. The Morgan fingerprint density at radius 3 is 2.54 bits per heavy atom. The Hall–Kier alpha value is -3.43. The van der Waals surface area contributed by atoms with Gasteiger partial charge in [0.2, 0.25) is 5.71 Å². The van der Waals surface area contributed by atoms with Gasteiger partial charge in [0, 0.05) is 17.1 Å². The average molecular weight is 329 g/mol. The highest BCUT2D eigenvalue weighted by Gasteiger charge is 2.44. The first-order valence-electron chi connectivity index (χ1n) is 7.02. The summed E-state index contributed by atoms with van der Waals surface area (Å²) in [5.41, 5.74) is -0.532. The zero-order valence-electron chi connectivity index (χ0n) is 12.3. The molecule has 0 saturated carbocycles. The van der Waals surface area contributed by atoms with Gasteiger partial charge >= 0.3 is 12.1 Å². The quantitative estimate of drug-likeness (QED) is 0.560. The third-order valence-electron chi connectivity index (χ3n) is 4.07. The normalized spacial score (nSPS) is 26.3. The van der Waals surface area contributed by atoms with Gasteiger partial charge in [-0.2, -0.15) is 0 Å². The number of carbonyl (C=O) groups excluding carboxylic acids is 4. The molecule has 0 aromatic carbocycles. The van der Waals surface area contributed by atoms with E-state index in [1.54, 1.807) is 19.1 Å². The molecule has 2 fully saturated rings. The third kappa shape index (κ3) is 1.93. The first-order valence-corrected chi connectivity index (χ1v) is 7.02. The largest absolute Gasteiger partial charge is 0.440 e. The lowest BCUT2D eigenvalue weighted by molar-refractivity contribution is -0.123. The van der Waals surface area contributed by atoms with Crippen molar-refractivity contribution in [3.05, 3.63) is 29.7 Å². The van der Waals surface area contributed by atoms with Crippen LogP contribution in [0.2, 0.25) is 0 Å². The first kappa shape index (κ1) is 14.2. The second kappa shape index (κ2) is 4.54. The second-order valence-corrected chi connectivity index (χ2v) is 5.70. The number of aromatic nitrogens is 1. The van der Waals surface area contributed by atoms with Gasteiger partial charge in [0.1, 0.15) is 11.3 Å². The van der Waals surface area contributed by atoms with Gasteiger partial charge in [-0.25, -0.2) is 14.6 Å². The summed E-state index contributed by atoms with van der Waals surface area (Å²) in [6.45, 7) is 1.56. The van der Waals surface area contributed by atoms with Crippen LogP contribution in [-0.4, -0.2) is 28.9 Å². The molecule has 2 unspecified atom stereocenters. The molecule has 4 rings (SSSR count). The van der Waals surface area contributed by atoms with E-state index in [4.69, 9.17) is 4.42 Å². The van der Waals surface area contributed by atoms with Crippen molar-refractivity contribution >= 4 is 35.0 Å². The molecule has 2 aliphatic heterocycles. The van der Waals surface area contributed by atoms with Crippen molar-refractivity contribution in [1.82, 2.24) is 26.3 Å². The maximum atomic E-state index is 12.0. The van der Waals surface area contributed by atoms with E-state index in [1.165, 1.54) is 6.20 Å². The maximum absolute atomic E-state index is 12.0. The molecule has 0 radical (unpaired) electrons. The fourth-order valence-corrected chi connectivity index (χ4v) is 2.73. The zero-order valence-corrected chi connectivity index (χ0v) is 12.3. The van der Waals surface area contributed by atoms with Crippen molar-refractivity contribution in [2.75, 3.05) is 0 Å². The van der Waals surface area contributed by atoms with Crippen molar-refractivity contribution in [2.45, 2.75) is 18.5 Å². The number of urea groups is 2. The van der Waals surface area contributed by atoms with E-state index in [-0.39, 0.29) is 11.5 Å². The molecule has 2 aromatic rings. The highest BCUT2D eigenvalue weighted by atomic mass is 16.3. The number of imide groups is 2. The van der Waals surface area contributed by atoms with Crippen LogP contribution in [0.25, 0.3) is 11.1 Å². The molecule has 0 aliphatic carbocycles. The molecule has 2 saturated heterocycles. The molecule has 0 bridgehead atoms. The van der Waals surface area contributed by atoms with E-state index < -0.39 is 35.5 Å². The predicted molar refractivity (Wildman–Crippen MR) is 77.5 cm³/mol. The molecule has 4 N–H and O–H groups in total. The Balaban J connectivity index is 1.74. The van der Waals surface area contributed by atoms with Crippen molar-refractivity contribution in [3.8, 4) is 0 Å². The maximum Gasteiger partial charge on any atom is 0.322 e. The molecule has 24 heavy (non-hydrogen) atoms. The summed E-state index contributed by atoms with van der Waals surface area (Å²) in [4.78, 5) is 50.4. The van der Waals surface area contributed by atoms with Crippen LogP contribution in [0, 0.1) is 0 Å². The van der Waals surface area contributed by atoms with Gasteiger partial charge in [0.15, 0.2) is 6.04 Å². The molecule has 10 heteroatoms. The van der Waals surface area contributed by atoms with Gasteiger partial charge in [-0.3, -0.25) is 20.2 Å². The minimum Gasteiger partial charge on any atom is -0.440 e. The lowest BCUT2D eigenvalue weighted by Gasteiger charge is -2.20. The van der Waals surface area contributed by atoms with E-state index in [0.717, 1.165) is 0 Å². The predicted octanol–water partition coefficient (Wildman–Crippen LogP) is -0.237. The van der Waals surface area contributed by atoms with Crippen LogP contribution in [0.1, 0.15) is 24.3 Å². The van der Waals surface area contributed by atoms with Gasteiger partial charge in [0.05, 0.1) is 0 Å². The van der Waals surface area contributed by atoms with Gasteiger partial charge in [-0.05, 0) is 19.1 Å². The van der Waals surface area contributed by atoms with Crippen molar-refractivity contribution in [3.63, 3.8) is 0 Å². The highest BCUT2D eigenvalue weighted by molar-refractivity contribution is 6.07. The van der Waals surface area contributed by atoms with Crippen molar-refractivity contribution in [1.29, 1.82) is 0 Å². The molecule has 122 valence electrons. The summed E-state index contributed by atoms with van der Waals surface area (Å²) in [5, 5.41) is 9.79. The first-order chi connectivity index (χ1) is 11.4. The van der Waals surface area contributed by atoms with Crippen LogP contribution in [-0.2, 0) is 15.1 Å². The molecule has 0 spiro atoms. The molecule has 2 aromatic heterocycles. The summed E-state index contributed by atoms with van der Waals surface area (Å²) >= 11 is 0. The molecule has 6 amide bonds. The number of pyridine rings is 1. The number of nitrogens with zero attached hydrogens (tertiary/aromatic N) is 1. The SMILES string of the molecule is CC1(c2cnc3oc(C4NC(=O)NC4=O)cc3c2)NC(=O)NC1=O. The molecule has 2 atom stereocenters. The molecule has 10 nitrogen and oxygen atoms in total. The van der Waals surface area contributed by atoms with Crippen LogP contribution in [0.5, 0.6) is 0 Å². The highest BCUT2D eigenvalue weighted by Crippen LogP contribution is 2.29. The number of hydrogen-bond acceptors (Lipinski definition) is 6. The number of amides is 6. The summed E-state index contributed by atoms with van der Waals surface area (Å²) in [5.74, 6) is -0.781. The number of nitrogens with one attached hydrogen (secondary N) is 4. The van der Waals surface area contributed by atoms with Gasteiger partial charge in [0.25, 0.3) is 11.8 Å². The molecule has 2 aliphatic rings. The molecule has 4 heterocycles. The Kier molecular flexibility index (Phi) is 2.68. The number of furan rings is 1. The third-order valence-corrected chi connectivity index (χ3v) is 4.07. The minimum atomic E-state index is -1.24. The van der Waals surface area contributed by atoms with E-state index in [9.17, 15) is 19.2 Å². The monoisotopic (exact) mass is 329 g/mol. The Morgan fingerprint density at radius 1 is 1.12 bits per heavy atom. The van der Waals surface area contributed by atoms with Crippen LogP contribution in [0.3, 0.4) is 0 Å². The van der Waals surface area contributed by atoms with Crippen LogP contribution in [0.15, 0.2) is 22.7 Å². The van der Waals surface area contributed by atoms with E-state index >= 15 is 0 Å². The topological polar surface area (TPSA) is 142 Å². The van der Waals surface area contributed by atoms with Crippen molar-refractivity contribution < 1.29 is 23.6 Å². The Labute approximate surface area is 134 Å². The summed E-state index contributed by atoms with van der Waals surface area (Å²) in [7, 11) is 0. The number of fused-ring (bicyclic) bond motifs is 1. The summed E-state index contributed by atoms with van der Waals surface area (Å²) < 4.78 is 5.49. The standard InChI is InChI=1S/C14H11N5O5/c1-14(11(21)18-13(23)19-14)6-2-5-3-7(24-10(5)15-4-6)8-9(20)17-12(22)16-8/h2-4,8H,1H3,(H2,16,17,20,22)(H2,18,19,21,23). The van der Waals surface area contributed by atoms with Crippen LogP contribution < -0.4 is 21.3 Å². The van der Waals surface area contributed by atoms with E-state index in [2.05, 4.69) is 26.3 Å². The number of rotatable bonds is 2. The fourth-order valence-electron chi connectivity index (χ4n) is 2.73. The lowest BCUT2D eigenvalue weighted by Crippen LogP contribution is -2.40. The minimum absolute atomic E-state index is 0.225. The smallest absolute Gasteiger partial charge is 0.322 e. The lowest BCUT2D eigenvalue weighted by atomic mass is 9.93. The number of carbonyl (C=O) groups is 4. The van der Waals surface area contributed by atoms with Crippen LogP contribution >= 0.6 is 0 Å². The van der Waals surface area contributed by atoms with Gasteiger partial charge in [-0.1, -0.05) is 0 Å². The fraction of sp³-hybridized carbons (Fsp3) is 0.214. The zero-order chi connectivity index (χ0) is 17.1. The van der Waals surface area contributed by atoms with Gasteiger partial charge < -0.3 is 15.1 Å². The average Bonchev–Trinajstić information content (AvgIpc) is 3.15. The Bertz CT molecular complexity index is 935. The van der Waals surface area contributed by atoms with E-state index in [1.807, 2.05) is 0 Å². The molecular weight excluding hydrogens is 318 g/mol. The number of hydrogen-bond donors (Lipinski definition) is 4. The van der Waals surface area contributed by atoms with E-state index in [0.29, 0.717) is 10.9 Å². The van der Waals surface area contributed by atoms with Crippen molar-refractivity contribution in [2.24, 2.45) is 0 Å². The van der Waals surface area contributed by atoms with Crippen LogP contribution in [0.4, 0.5) is 9.59 Å². The molecular formula is C14H11N5O5. The summed E-state index contributed by atoms with van der Waals surface area (Å²) in [6, 6.07) is 1.08. The Morgan fingerprint density at radius 2 is 1.92 bits per heavy atom. The van der Waals surface area contributed by atoms with Gasteiger partial charge in [-0.15, -0.1) is 0 Å². The summed E-state index contributed by atoms with van der Waals surface area (Å²) in [6.07, 6.45) is 1.41.